The average molecular weight is 364 g/mol. The number of hydrogen-bond donors (Lipinski definition) is 0. The Kier molecular flexibility index (Phi) is 5.73. The number of benzene rings is 1. The van der Waals surface area contributed by atoms with Crippen molar-refractivity contribution in [3.05, 3.63) is 23.7 Å². The third-order valence-corrected chi connectivity index (χ3v) is 5.91. The molecule has 0 radical (unpaired) electrons. The summed E-state index contributed by atoms with van der Waals surface area (Å²) in [4.78, 5) is 30.9. The van der Waals surface area contributed by atoms with Gasteiger partial charge in [0.2, 0.25) is 5.91 Å². The Morgan fingerprint density at radius 3 is 2.88 bits per heavy atom. The quantitative estimate of drug-likeness (QED) is 0.762. The minimum atomic E-state index is -0.380. The van der Waals surface area contributed by atoms with Gasteiger partial charge in [0.25, 0.3) is 0 Å². The highest BCUT2D eigenvalue weighted by Gasteiger charge is 2.29. The number of amides is 1. The van der Waals surface area contributed by atoms with Gasteiger partial charge in [-0.2, -0.15) is 11.8 Å². The predicted molar refractivity (Wildman–Crippen MR) is 98.7 cm³/mol. The van der Waals surface area contributed by atoms with Crippen molar-refractivity contribution in [2.45, 2.75) is 19.8 Å². The number of thioether (sulfide) groups is 1. The van der Waals surface area contributed by atoms with Crippen LogP contribution in [0.15, 0.2) is 23.7 Å². The molecule has 0 saturated carbocycles. The van der Waals surface area contributed by atoms with Crippen molar-refractivity contribution >= 4 is 50.9 Å². The van der Waals surface area contributed by atoms with Crippen LogP contribution in [0.3, 0.4) is 0 Å². The molecule has 1 aromatic carbocycles. The number of carbonyl (C=O) groups excluding carboxylic acids is 2. The Balaban J connectivity index is 1.87. The van der Waals surface area contributed by atoms with Crippen LogP contribution in [-0.2, 0) is 14.3 Å². The molecular weight excluding hydrogens is 344 g/mol. The van der Waals surface area contributed by atoms with Crippen LogP contribution in [0.1, 0.15) is 19.8 Å². The molecule has 0 spiro atoms. The van der Waals surface area contributed by atoms with Crippen molar-refractivity contribution in [1.82, 2.24) is 4.98 Å². The van der Waals surface area contributed by atoms with E-state index in [0.717, 1.165) is 34.6 Å². The smallest absolute Gasteiger partial charge is 0.326 e. The fraction of sp³-hybridized carbons (Fsp3) is 0.471. The lowest BCUT2D eigenvalue weighted by atomic mass is 10.0. The maximum absolute atomic E-state index is 13.0. The molecule has 3 rings (SSSR count). The first-order valence-electron chi connectivity index (χ1n) is 8.07. The van der Waals surface area contributed by atoms with Crippen LogP contribution in [-0.4, -0.2) is 41.5 Å². The van der Waals surface area contributed by atoms with E-state index >= 15 is 0 Å². The first-order valence-corrected chi connectivity index (χ1v) is 10.1. The van der Waals surface area contributed by atoms with Crippen molar-refractivity contribution < 1.29 is 14.3 Å². The highest BCUT2D eigenvalue weighted by molar-refractivity contribution is 7.99. The number of esters is 1. The Bertz CT molecular complexity index is 725. The zero-order valence-corrected chi connectivity index (χ0v) is 15.2. The van der Waals surface area contributed by atoms with Gasteiger partial charge in [-0.15, -0.1) is 11.3 Å². The largest absolute Gasteiger partial charge is 0.465 e. The average Bonchev–Trinajstić information content (AvgIpc) is 3.08. The van der Waals surface area contributed by atoms with E-state index in [9.17, 15) is 9.59 Å². The molecule has 1 aromatic heterocycles. The van der Waals surface area contributed by atoms with Gasteiger partial charge in [-0.25, -0.2) is 4.98 Å². The third kappa shape index (κ3) is 3.89. The lowest BCUT2D eigenvalue weighted by molar-refractivity contribution is -0.142. The van der Waals surface area contributed by atoms with E-state index in [1.54, 1.807) is 28.7 Å². The molecule has 2 heterocycles. The van der Waals surface area contributed by atoms with E-state index in [1.807, 2.05) is 30.0 Å². The minimum absolute atomic E-state index is 0.0120. The van der Waals surface area contributed by atoms with E-state index in [1.165, 1.54) is 0 Å². The summed E-state index contributed by atoms with van der Waals surface area (Å²) < 4.78 is 6.12. The summed E-state index contributed by atoms with van der Waals surface area (Å²) >= 11 is 3.43. The van der Waals surface area contributed by atoms with Crippen LogP contribution in [0, 0.1) is 5.92 Å². The molecule has 2 aromatic rings. The molecule has 1 amide bonds. The Morgan fingerprint density at radius 1 is 1.33 bits per heavy atom. The Morgan fingerprint density at radius 2 is 2.12 bits per heavy atom. The molecule has 5 nitrogen and oxygen atoms in total. The lowest BCUT2D eigenvalue weighted by Gasteiger charge is -2.28. The van der Waals surface area contributed by atoms with Crippen LogP contribution in [0.4, 0.5) is 5.69 Å². The van der Waals surface area contributed by atoms with Crippen LogP contribution in [0.2, 0.25) is 0 Å². The van der Waals surface area contributed by atoms with Gasteiger partial charge >= 0.3 is 5.97 Å². The van der Waals surface area contributed by atoms with Crippen molar-refractivity contribution in [2.24, 2.45) is 5.92 Å². The van der Waals surface area contributed by atoms with Crippen LogP contribution < -0.4 is 4.90 Å². The fourth-order valence-corrected chi connectivity index (χ4v) is 4.58. The van der Waals surface area contributed by atoms with Gasteiger partial charge in [-0.3, -0.25) is 9.59 Å². The van der Waals surface area contributed by atoms with E-state index in [2.05, 4.69) is 4.98 Å². The number of thiazole rings is 1. The van der Waals surface area contributed by atoms with E-state index < -0.39 is 0 Å². The molecule has 1 fully saturated rings. The topological polar surface area (TPSA) is 59.5 Å². The summed E-state index contributed by atoms with van der Waals surface area (Å²) in [6.07, 6.45) is 1.73. The number of hydrogen-bond acceptors (Lipinski definition) is 6. The van der Waals surface area contributed by atoms with Crippen LogP contribution in [0.25, 0.3) is 10.2 Å². The summed E-state index contributed by atoms with van der Waals surface area (Å²) in [5.74, 6) is 1.60. The summed E-state index contributed by atoms with van der Waals surface area (Å²) in [5.41, 5.74) is 3.34. The predicted octanol–water partition coefficient (Wildman–Crippen LogP) is 3.34. The molecule has 1 aliphatic heterocycles. The molecule has 0 atom stereocenters. The monoisotopic (exact) mass is 364 g/mol. The number of aromatic nitrogens is 1. The minimum Gasteiger partial charge on any atom is -0.465 e. The van der Waals surface area contributed by atoms with Gasteiger partial charge in [0.05, 0.1) is 22.3 Å². The summed E-state index contributed by atoms with van der Waals surface area (Å²) in [6, 6.07) is 5.71. The van der Waals surface area contributed by atoms with E-state index in [4.69, 9.17) is 4.74 Å². The highest BCUT2D eigenvalue weighted by atomic mass is 32.2. The molecule has 1 saturated heterocycles. The zero-order chi connectivity index (χ0) is 16.9. The zero-order valence-electron chi connectivity index (χ0n) is 13.6. The number of nitrogens with zero attached hydrogens (tertiary/aromatic N) is 2. The second-order valence-electron chi connectivity index (χ2n) is 5.62. The highest BCUT2D eigenvalue weighted by Crippen LogP contribution is 2.29. The fourth-order valence-electron chi connectivity index (χ4n) is 2.81. The lowest BCUT2D eigenvalue weighted by Crippen LogP contribution is -2.41. The number of rotatable bonds is 5. The van der Waals surface area contributed by atoms with Gasteiger partial charge in [0, 0.05) is 11.6 Å². The Labute approximate surface area is 149 Å². The van der Waals surface area contributed by atoms with Crippen molar-refractivity contribution in [2.75, 3.05) is 29.6 Å². The number of anilines is 1. The van der Waals surface area contributed by atoms with Crippen molar-refractivity contribution in [1.29, 1.82) is 0 Å². The van der Waals surface area contributed by atoms with E-state index in [0.29, 0.717) is 12.3 Å². The molecule has 1 aliphatic rings. The van der Waals surface area contributed by atoms with Crippen molar-refractivity contribution in [3.63, 3.8) is 0 Å². The molecule has 0 bridgehead atoms. The Hall–Kier alpha value is -1.60. The number of ether oxygens (including phenoxy) is 1. The maximum atomic E-state index is 13.0. The second kappa shape index (κ2) is 7.98. The summed E-state index contributed by atoms with van der Waals surface area (Å²) in [7, 11) is 0. The molecule has 128 valence electrons. The van der Waals surface area contributed by atoms with Crippen molar-refractivity contribution in [3.8, 4) is 0 Å². The normalized spacial score (nSPS) is 15.4. The van der Waals surface area contributed by atoms with Gasteiger partial charge < -0.3 is 9.64 Å². The first-order chi connectivity index (χ1) is 11.7. The second-order valence-corrected chi connectivity index (χ2v) is 7.73. The van der Waals surface area contributed by atoms with Gasteiger partial charge in [0.15, 0.2) is 0 Å². The van der Waals surface area contributed by atoms with Gasteiger partial charge in [0.1, 0.15) is 6.54 Å². The first kappa shape index (κ1) is 17.2. The molecule has 7 heteroatoms. The molecule has 0 N–H and O–H groups in total. The van der Waals surface area contributed by atoms with Gasteiger partial charge in [-0.1, -0.05) is 0 Å². The standard InChI is InChI=1S/C17H20N2O3S2/c1-2-22-16(20)10-19(17(21)12-5-7-23-8-6-12)13-3-4-15-14(9-13)18-11-24-15/h3-4,9,11-12H,2,5-8,10H2,1H3. The molecule has 24 heavy (non-hydrogen) atoms. The molecule has 0 aliphatic carbocycles. The maximum Gasteiger partial charge on any atom is 0.326 e. The number of carbonyl (C=O) groups is 2. The van der Waals surface area contributed by atoms with E-state index in [-0.39, 0.29) is 24.3 Å². The molecular formula is C17H20N2O3S2. The third-order valence-electron chi connectivity index (χ3n) is 4.05. The van der Waals surface area contributed by atoms with Crippen LogP contribution in [0.5, 0.6) is 0 Å². The molecule has 0 unspecified atom stereocenters. The van der Waals surface area contributed by atoms with Crippen LogP contribution >= 0.6 is 23.1 Å². The number of fused-ring (bicyclic) bond motifs is 1. The van der Waals surface area contributed by atoms with Gasteiger partial charge in [-0.05, 0) is 49.5 Å². The SMILES string of the molecule is CCOC(=O)CN(C(=O)C1CCSCC1)c1ccc2scnc2c1. The summed E-state index contributed by atoms with van der Waals surface area (Å²) in [6.45, 7) is 2.03. The summed E-state index contributed by atoms with van der Waals surface area (Å²) in [5, 5.41) is 0.